The van der Waals surface area contributed by atoms with Gasteiger partial charge in [-0.1, -0.05) is 49.4 Å². The topological polar surface area (TPSA) is 75.5 Å². The second-order valence-corrected chi connectivity index (χ2v) is 9.74. The smallest absolute Gasteiger partial charge is 0.217 e. The molecule has 3 aliphatic rings. The van der Waals surface area contributed by atoms with Crippen LogP contribution in [0.2, 0.25) is 0 Å². The second kappa shape index (κ2) is 9.30. The molecule has 0 radical (unpaired) electrons. The zero-order valence-corrected chi connectivity index (χ0v) is 20.4. The summed E-state index contributed by atoms with van der Waals surface area (Å²) in [7, 11) is 0. The Labute approximate surface area is 211 Å². The van der Waals surface area contributed by atoms with Gasteiger partial charge in [-0.3, -0.25) is 0 Å². The Balaban J connectivity index is 1.58. The molecule has 5 heteroatoms. The van der Waals surface area contributed by atoms with Crippen molar-refractivity contribution < 1.29 is 14.9 Å². The van der Waals surface area contributed by atoms with E-state index in [2.05, 4.69) is 47.5 Å². The van der Waals surface area contributed by atoms with E-state index in [-0.39, 0.29) is 22.9 Å². The van der Waals surface area contributed by atoms with Gasteiger partial charge in [-0.25, -0.2) is 4.98 Å². The van der Waals surface area contributed by atoms with Crippen molar-refractivity contribution in [3.8, 4) is 40.0 Å². The van der Waals surface area contributed by atoms with E-state index in [0.717, 1.165) is 43.4 Å². The molecule has 2 aromatic carbocycles. The normalized spacial score (nSPS) is 19.5. The molecule has 2 atom stereocenters. The van der Waals surface area contributed by atoms with Crippen LogP contribution >= 0.6 is 0 Å². The third kappa shape index (κ3) is 3.89. The number of aromatic hydroxyl groups is 2. The number of hydrogen-bond acceptors (Lipinski definition) is 5. The van der Waals surface area contributed by atoms with Gasteiger partial charge in [0.25, 0.3) is 0 Å². The first-order valence-electron chi connectivity index (χ1n) is 12.9. The van der Waals surface area contributed by atoms with Gasteiger partial charge in [0.1, 0.15) is 17.1 Å². The number of ether oxygens (including phenoxy) is 1. The summed E-state index contributed by atoms with van der Waals surface area (Å²) in [5, 5.41) is 21.1. The minimum Gasteiger partial charge on any atom is -0.507 e. The van der Waals surface area contributed by atoms with Gasteiger partial charge in [0.2, 0.25) is 5.88 Å². The predicted molar refractivity (Wildman–Crippen MR) is 143 cm³/mol. The van der Waals surface area contributed by atoms with Crippen molar-refractivity contribution in [3.63, 3.8) is 0 Å². The zero-order chi connectivity index (χ0) is 24.6. The molecule has 1 aromatic heterocycles. The predicted octanol–water partition coefficient (Wildman–Crippen LogP) is 7.05. The van der Waals surface area contributed by atoms with Gasteiger partial charge in [-0.2, -0.15) is 4.98 Å². The fraction of sp³-hybridized carbons (Fsp3) is 0.290. The van der Waals surface area contributed by atoms with Gasteiger partial charge >= 0.3 is 0 Å². The number of phenols is 2. The van der Waals surface area contributed by atoms with E-state index in [0.29, 0.717) is 24.3 Å². The summed E-state index contributed by atoms with van der Waals surface area (Å²) in [6.07, 6.45) is 18.8. The minimum absolute atomic E-state index is 0.0667. The molecule has 3 aliphatic carbocycles. The molecule has 0 saturated heterocycles. The van der Waals surface area contributed by atoms with Crippen LogP contribution in [-0.2, 0) is 6.42 Å². The van der Waals surface area contributed by atoms with E-state index in [1.807, 2.05) is 13.0 Å². The Morgan fingerprint density at radius 3 is 2.67 bits per heavy atom. The maximum absolute atomic E-state index is 10.5. The van der Waals surface area contributed by atoms with Gasteiger partial charge in [-0.15, -0.1) is 0 Å². The monoisotopic (exact) mass is 478 g/mol. The molecule has 0 saturated carbocycles. The molecule has 0 bridgehead atoms. The first-order valence-corrected chi connectivity index (χ1v) is 12.9. The third-order valence-electron chi connectivity index (χ3n) is 7.43. The lowest BCUT2D eigenvalue weighted by molar-refractivity contribution is 0.305. The Morgan fingerprint density at radius 2 is 1.83 bits per heavy atom. The minimum atomic E-state index is -0.0667. The summed E-state index contributed by atoms with van der Waals surface area (Å²) in [6, 6.07) is 8.86. The van der Waals surface area contributed by atoms with Crippen LogP contribution in [0.15, 0.2) is 54.6 Å². The molecule has 6 rings (SSSR count). The Hall–Kier alpha value is -3.86. The van der Waals surface area contributed by atoms with Gasteiger partial charge in [0.05, 0.1) is 12.3 Å². The van der Waals surface area contributed by atoms with Crippen LogP contribution in [0.1, 0.15) is 60.8 Å². The van der Waals surface area contributed by atoms with Crippen LogP contribution in [0.3, 0.4) is 0 Å². The molecular weight excluding hydrogens is 448 g/mol. The van der Waals surface area contributed by atoms with Crippen molar-refractivity contribution in [1.29, 1.82) is 0 Å². The quantitative estimate of drug-likeness (QED) is 0.385. The van der Waals surface area contributed by atoms with Crippen LogP contribution in [0, 0.1) is 5.92 Å². The van der Waals surface area contributed by atoms with E-state index in [1.54, 1.807) is 6.07 Å². The van der Waals surface area contributed by atoms with Crippen LogP contribution < -0.4 is 4.74 Å². The number of allylic oxidation sites excluding steroid dienone is 4. The number of hydrogen-bond donors (Lipinski definition) is 2. The van der Waals surface area contributed by atoms with Gasteiger partial charge < -0.3 is 14.9 Å². The average Bonchev–Trinajstić information content (AvgIpc) is 2.91. The summed E-state index contributed by atoms with van der Waals surface area (Å²) in [5.74, 6) is 1.44. The van der Waals surface area contributed by atoms with Crippen molar-refractivity contribution >= 4 is 12.2 Å². The number of benzene rings is 2. The molecule has 36 heavy (non-hydrogen) atoms. The highest BCUT2D eigenvalue weighted by Crippen LogP contribution is 2.46. The lowest BCUT2D eigenvalue weighted by atomic mass is 9.71. The average molecular weight is 479 g/mol. The maximum atomic E-state index is 10.5. The molecule has 3 aromatic rings. The molecule has 0 fully saturated rings. The molecule has 5 nitrogen and oxygen atoms in total. The first-order chi connectivity index (χ1) is 17.6. The molecule has 2 N–H and O–H groups in total. The fourth-order valence-corrected chi connectivity index (χ4v) is 5.73. The van der Waals surface area contributed by atoms with E-state index in [1.165, 1.54) is 34.4 Å². The molecule has 182 valence electrons. The number of nitrogens with zero attached hydrogens (tertiary/aromatic N) is 2. The lowest BCUT2D eigenvalue weighted by Crippen LogP contribution is -2.18. The molecular formula is C31H30N2O3. The van der Waals surface area contributed by atoms with Crippen molar-refractivity contribution in [1.82, 2.24) is 9.97 Å². The van der Waals surface area contributed by atoms with Crippen LogP contribution in [-0.4, -0.2) is 26.8 Å². The van der Waals surface area contributed by atoms with Crippen molar-refractivity contribution in [2.24, 2.45) is 5.92 Å². The molecule has 0 amide bonds. The molecule has 0 aliphatic heterocycles. The first kappa shape index (κ1) is 22.6. The maximum Gasteiger partial charge on any atom is 0.217 e. The summed E-state index contributed by atoms with van der Waals surface area (Å²) >= 11 is 0. The van der Waals surface area contributed by atoms with Crippen molar-refractivity contribution in [2.75, 3.05) is 6.61 Å². The van der Waals surface area contributed by atoms with E-state index in [9.17, 15) is 10.2 Å². The van der Waals surface area contributed by atoms with Crippen LogP contribution in [0.5, 0.6) is 17.4 Å². The largest absolute Gasteiger partial charge is 0.507 e. The summed E-state index contributed by atoms with van der Waals surface area (Å²) < 4.78 is 5.95. The summed E-state index contributed by atoms with van der Waals surface area (Å²) in [5.41, 5.74) is 7.30. The fourth-order valence-electron chi connectivity index (χ4n) is 5.73. The molecule has 1 heterocycles. The summed E-state index contributed by atoms with van der Waals surface area (Å²) in [6.45, 7) is 2.57. The van der Waals surface area contributed by atoms with Gasteiger partial charge in [-0.05, 0) is 78.5 Å². The SMILES string of the molecule is CCCOc1cc(-c2cc3c(c4c2C=CCC4)C=CC2C=CCCC32)nc(-c2c(O)cccc2O)n1. The third-order valence-corrected chi connectivity index (χ3v) is 7.43. The highest BCUT2D eigenvalue weighted by atomic mass is 16.5. The lowest BCUT2D eigenvalue weighted by Gasteiger charge is -2.33. The Bertz CT molecular complexity index is 1400. The van der Waals surface area contributed by atoms with Gasteiger partial charge in [0, 0.05) is 17.5 Å². The highest BCUT2D eigenvalue weighted by Gasteiger charge is 2.30. The number of aromatic nitrogens is 2. The van der Waals surface area contributed by atoms with Crippen molar-refractivity contribution in [2.45, 2.75) is 44.9 Å². The molecule has 2 unspecified atom stereocenters. The Kier molecular flexibility index (Phi) is 5.84. The standard InChI is InChI=1S/C31H30N2O3/c1-2-16-36-29-18-26(32-31(33-29)30-27(34)12-7-13-28(30)35)25-17-24-20-9-4-3-8-19(20)14-15-23(24)21-10-5-6-11-22(21)25/h3,6-8,11-15,17-20,34-35H,2,4-5,9-10,16H2,1H3. The van der Waals surface area contributed by atoms with Gasteiger partial charge in [0.15, 0.2) is 5.82 Å². The molecule has 0 spiro atoms. The van der Waals surface area contributed by atoms with E-state index in [4.69, 9.17) is 9.72 Å². The highest BCUT2D eigenvalue weighted by molar-refractivity contribution is 5.83. The van der Waals surface area contributed by atoms with E-state index >= 15 is 0 Å². The number of fused-ring (bicyclic) bond motifs is 5. The van der Waals surface area contributed by atoms with E-state index < -0.39 is 0 Å². The van der Waals surface area contributed by atoms with Crippen molar-refractivity contribution in [3.05, 3.63) is 76.9 Å². The second-order valence-electron chi connectivity index (χ2n) is 9.74. The zero-order valence-electron chi connectivity index (χ0n) is 20.4. The van der Waals surface area contributed by atoms with Crippen LogP contribution in [0.4, 0.5) is 0 Å². The number of rotatable bonds is 5. The summed E-state index contributed by atoms with van der Waals surface area (Å²) in [4.78, 5) is 9.45. The Morgan fingerprint density at radius 1 is 0.972 bits per heavy atom. The van der Waals surface area contributed by atoms with Crippen LogP contribution in [0.25, 0.3) is 34.8 Å². The number of phenolic OH excluding ortho intramolecular Hbond substituents is 2.